The Hall–Kier alpha value is -2.88. The zero-order chi connectivity index (χ0) is 17.6. The molecule has 1 atom stereocenters. The third kappa shape index (κ3) is 3.79. The van der Waals surface area contributed by atoms with Gasteiger partial charge in [-0.25, -0.2) is 4.79 Å². The Balaban J connectivity index is 1.83. The first-order valence-electron chi connectivity index (χ1n) is 8.51. The smallest absolute Gasteiger partial charge is 0.330 e. The number of esters is 1. The monoisotopic (exact) mass is 335 g/mol. The summed E-state index contributed by atoms with van der Waals surface area (Å²) < 4.78 is 4.92. The lowest BCUT2D eigenvalue weighted by Gasteiger charge is -2.19. The van der Waals surface area contributed by atoms with Crippen LogP contribution in [0.1, 0.15) is 30.4 Å². The Morgan fingerprint density at radius 3 is 2.64 bits per heavy atom. The molecule has 4 heteroatoms. The average molecular weight is 335 g/mol. The summed E-state index contributed by atoms with van der Waals surface area (Å²) in [6.07, 6.45) is 3.90. The highest BCUT2D eigenvalue weighted by atomic mass is 16.5. The van der Waals surface area contributed by atoms with Crippen LogP contribution in [0, 0.1) is 0 Å². The second-order valence-corrected chi connectivity index (χ2v) is 5.89. The van der Waals surface area contributed by atoms with Crippen LogP contribution in [-0.4, -0.2) is 25.0 Å². The molecule has 1 amide bonds. The van der Waals surface area contributed by atoms with E-state index in [2.05, 4.69) is 0 Å². The standard InChI is InChI=1S/C21H21NO3/c1-2-25-20(23)13-12-17-10-6-7-11-19(17)22-15-14-18(21(22)24)16-8-4-3-5-9-16/h3-13,18H,2,14-15H2,1H3/b13-12+/t18-/m0/s1. The van der Waals surface area contributed by atoms with Crippen LogP contribution >= 0.6 is 0 Å². The van der Waals surface area contributed by atoms with Crippen LogP contribution in [0.2, 0.25) is 0 Å². The minimum atomic E-state index is -0.382. The normalized spacial score (nSPS) is 17.2. The summed E-state index contributed by atoms with van der Waals surface area (Å²) in [6, 6.07) is 17.5. The van der Waals surface area contributed by atoms with Crippen LogP contribution in [-0.2, 0) is 14.3 Å². The number of carbonyl (C=O) groups excluding carboxylic acids is 2. The van der Waals surface area contributed by atoms with E-state index in [-0.39, 0.29) is 17.8 Å². The van der Waals surface area contributed by atoms with Gasteiger partial charge in [-0.05, 0) is 36.6 Å². The van der Waals surface area contributed by atoms with E-state index in [1.54, 1.807) is 13.0 Å². The summed E-state index contributed by atoms with van der Waals surface area (Å²) >= 11 is 0. The maximum absolute atomic E-state index is 12.9. The summed E-state index contributed by atoms with van der Waals surface area (Å²) in [5, 5.41) is 0. The highest BCUT2D eigenvalue weighted by Crippen LogP contribution is 2.34. The lowest BCUT2D eigenvalue weighted by molar-refractivity contribution is -0.137. The molecule has 1 saturated heterocycles. The quantitative estimate of drug-likeness (QED) is 0.617. The summed E-state index contributed by atoms with van der Waals surface area (Å²) in [7, 11) is 0. The van der Waals surface area contributed by atoms with Crippen molar-refractivity contribution < 1.29 is 14.3 Å². The van der Waals surface area contributed by atoms with Gasteiger partial charge in [-0.3, -0.25) is 4.79 Å². The van der Waals surface area contributed by atoms with Crippen molar-refractivity contribution in [2.24, 2.45) is 0 Å². The highest BCUT2D eigenvalue weighted by molar-refractivity contribution is 6.02. The van der Waals surface area contributed by atoms with E-state index in [0.717, 1.165) is 23.2 Å². The molecule has 25 heavy (non-hydrogen) atoms. The Morgan fingerprint density at radius 1 is 1.16 bits per heavy atom. The maximum atomic E-state index is 12.9. The van der Waals surface area contributed by atoms with Crippen molar-refractivity contribution in [3.05, 3.63) is 71.8 Å². The number of benzene rings is 2. The molecule has 0 radical (unpaired) electrons. The number of rotatable bonds is 5. The van der Waals surface area contributed by atoms with Crippen LogP contribution in [0.15, 0.2) is 60.7 Å². The van der Waals surface area contributed by atoms with Crippen LogP contribution in [0.5, 0.6) is 0 Å². The van der Waals surface area contributed by atoms with Gasteiger partial charge < -0.3 is 9.64 Å². The summed E-state index contributed by atoms with van der Waals surface area (Å²) in [5.41, 5.74) is 2.71. The largest absolute Gasteiger partial charge is 0.463 e. The fraction of sp³-hybridized carbons (Fsp3) is 0.238. The van der Waals surface area contributed by atoms with Crippen LogP contribution in [0.3, 0.4) is 0 Å². The van der Waals surface area contributed by atoms with E-state index in [1.807, 2.05) is 59.5 Å². The number of hydrogen-bond acceptors (Lipinski definition) is 3. The predicted molar refractivity (Wildman–Crippen MR) is 98.3 cm³/mol. The van der Waals surface area contributed by atoms with Crippen molar-refractivity contribution in [2.75, 3.05) is 18.1 Å². The van der Waals surface area contributed by atoms with E-state index < -0.39 is 0 Å². The number of nitrogens with zero attached hydrogens (tertiary/aromatic N) is 1. The first kappa shape index (κ1) is 17.0. The molecule has 3 rings (SSSR count). The molecule has 1 aliphatic heterocycles. The van der Waals surface area contributed by atoms with E-state index in [0.29, 0.717) is 13.2 Å². The molecule has 1 fully saturated rings. The first-order valence-corrected chi connectivity index (χ1v) is 8.51. The lowest BCUT2D eigenvalue weighted by Crippen LogP contribution is -2.27. The number of carbonyl (C=O) groups is 2. The Bertz CT molecular complexity index is 783. The summed E-state index contributed by atoms with van der Waals surface area (Å²) in [6.45, 7) is 2.78. The second-order valence-electron chi connectivity index (χ2n) is 5.89. The highest BCUT2D eigenvalue weighted by Gasteiger charge is 2.34. The van der Waals surface area contributed by atoms with E-state index >= 15 is 0 Å². The van der Waals surface area contributed by atoms with Gasteiger partial charge in [-0.2, -0.15) is 0 Å². The van der Waals surface area contributed by atoms with Crippen molar-refractivity contribution in [1.29, 1.82) is 0 Å². The Kier molecular flexibility index (Phi) is 5.29. The average Bonchev–Trinajstić information content (AvgIpc) is 3.02. The molecule has 0 aromatic heterocycles. The molecule has 0 spiro atoms. The molecule has 4 nitrogen and oxygen atoms in total. The van der Waals surface area contributed by atoms with Crippen LogP contribution in [0.25, 0.3) is 6.08 Å². The maximum Gasteiger partial charge on any atom is 0.330 e. The van der Waals surface area contributed by atoms with Crippen LogP contribution < -0.4 is 4.90 Å². The van der Waals surface area contributed by atoms with Gasteiger partial charge >= 0.3 is 5.97 Å². The zero-order valence-electron chi connectivity index (χ0n) is 14.2. The molecule has 1 aliphatic rings. The third-order valence-electron chi connectivity index (χ3n) is 4.32. The van der Waals surface area contributed by atoms with Crippen molar-refractivity contribution in [1.82, 2.24) is 0 Å². The number of amides is 1. The van der Waals surface area contributed by atoms with Gasteiger partial charge in [0.2, 0.25) is 5.91 Å². The zero-order valence-corrected chi connectivity index (χ0v) is 14.2. The van der Waals surface area contributed by atoms with Crippen molar-refractivity contribution in [2.45, 2.75) is 19.3 Å². The Labute approximate surface area is 147 Å². The Morgan fingerprint density at radius 2 is 1.88 bits per heavy atom. The molecule has 1 heterocycles. The molecule has 2 aromatic carbocycles. The summed E-state index contributed by atoms with van der Waals surface area (Å²) in [5.74, 6) is -0.390. The number of anilines is 1. The fourth-order valence-electron chi connectivity index (χ4n) is 3.14. The lowest BCUT2D eigenvalue weighted by atomic mass is 9.98. The minimum Gasteiger partial charge on any atom is -0.463 e. The number of ether oxygens (including phenoxy) is 1. The molecule has 128 valence electrons. The fourth-order valence-corrected chi connectivity index (χ4v) is 3.14. The van der Waals surface area contributed by atoms with Crippen LogP contribution in [0.4, 0.5) is 5.69 Å². The number of hydrogen-bond donors (Lipinski definition) is 0. The molecule has 2 aromatic rings. The van der Waals surface area contributed by atoms with E-state index in [1.165, 1.54) is 6.08 Å². The minimum absolute atomic E-state index is 0.100. The van der Waals surface area contributed by atoms with Crippen molar-refractivity contribution in [3.8, 4) is 0 Å². The molecule has 0 unspecified atom stereocenters. The predicted octanol–water partition coefficient (Wildman–Crippen LogP) is 3.78. The molecule has 0 bridgehead atoms. The van der Waals surface area contributed by atoms with Gasteiger partial charge in [0.05, 0.1) is 18.2 Å². The SMILES string of the molecule is CCOC(=O)/C=C/c1ccccc1N1CC[C@@H](c2ccccc2)C1=O. The van der Waals surface area contributed by atoms with Crippen molar-refractivity contribution in [3.63, 3.8) is 0 Å². The van der Waals surface area contributed by atoms with Gasteiger partial charge in [-0.15, -0.1) is 0 Å². The second kappa shape index (κ2) is 7.79. The molecule has 0 aliphatic carbocycles. The van der Waals surface area contributed by atoms with Gasteiger partial charge in [0.25, 0.3) is 0 Å². The topological polar surface area (TPSA) is 46.6 Å². The van der Waals surface area contributed by atoms with E-state index in [4.69, 9.17) is 4.74 Å². The van der Waals surface area contributed by atoms with Gasteiger partial charge in [0, 0.05) is 12.6 Å². The van der Waals surface area contributed by atoms with E-state index in [9.17, 15) is 9.59 Å². The third-order valence-corrected chi connectivity index (χ3v) is 4.32. The molecular weight excluding hydrogens is 314 g/mol. The van der Waals surface area contributed by atoms with Crippen molar-refractivity contribution >= 4 is 23.6 Å². The molecule has 0 N–H and O–H groups in total. The first-order chi connectivity index (χ1) is 12.2. The van der Waals surface area contributed by atoms with Gasteiger partial charge in [-0.1, -0.05) is 48.5 Å². The van der Waals surface area contributed by atoms with Gasteiger partial charge in [0.15, 0.2) is 0 Å². The molecular formula is C21H21NO3. The number of para-hydroxylation sites is 1. The molecule has 0 saturated carbocycles. The summed E-state index contributed by atoms with van der Waals surface area (Å²) in [4.78, 5) is 26.3. The van der Waals surface area contributed by atoms with Gasteiger partial charge in [0.1, 0.15) is 0 Å².